The van der Waals surface area contributed by atoms with Crippen molar-refractivity contribution < 1.29 is 29.3 Å². The Kier molecular flexibility index (Phi) is 7.94. The lowest BCUT2D eigenvalue weighted by Gasteiger charge is -2.23. The summed E-state index contributed by atoms with van der Waals surface area (Å²) in [6, 6.07) is 15.1. The Labute approximate surface area is 199 Å². The first-order valence-electron chi connectivity index (χ1n) is 11.4. The van der Waals surface area contributed by atoms with E-state index in [2.05, 4.69) is 10.6 Å². The summed E-state index contributed by atoms with van der Waals surface area (Å²) in [6.07, 6.45) is 0.288. The van der Waals surface area contributed by atoms with E-state index >= 15 is 0 Å². The lowest BCUT2D eigenvalue weighted by molar-refractivity contribution is -0.156. The van der Waals surface area contributed by atoms with Crippen molar-refractivity contribution in [2.45, 2.75) is 51.2 Å². The second-order valence-electron chi connectivity index (χ2n) is 9.29. The van der Waals surface area contributed by atoms with Crippen LogP contribution in [-0.4, -0.2) is 53.0 Å². The zero-order valence-corrected chi connectivity index (χ0v) is 19.7. The van der Waals surface area contributed by atoms with Gasteiger partial charge in [0.25, 0.3) is 0 Å². The summed E-state index contributed by atoms with van der Waals surface area (Å²) in [5, 5.41) is 23.9. The number of alkyl carbamates (subject to hydrolysis) is 1. The molecule has 8 nitrogen and oxygen atoms in total. The molecular formula is C26H32N2O6. The number of hydrogen-bond acceptors (Lipinski definition) is 5. The average molecular weight is 469 g/mol. The monoisotopic (exact) mass is 468 g/mol. The van der Waals surface area contributed by atoms with Crippen molar-refractivity contribution >= 4 is 18.0 Å². The van der Waals surface area contributed by atoms with Gasteiger partial charge in [0, 0.05) is 5.92 Å². The smallest absolute Gasteiger partial charge is 0.407 e. The molecule has 0 fully saturated rings. The third-order valence-electron chi connectivity index (χ3n) is 6.05. The molecule has 3 rings (SSSR count). The second-order valence-corrected chi connectivity index (χ2v) is 9.29. The van der Waals surface area contributed by atoms with Gasteiger partial charge in [-0.05, 0) is 47.9 Å². The van der Waals surface area contributed by atoms with Crippen LogP contribution in [0.2, 0.25) is 0 Å². The Hall–Kier alpha value is -3.39. The number of fused-ring (bicyclic) bond motifs is 3. The number of ether oxygens (including phenoxy) is 1. The number of hydrogen-bond donors (Lipinski definition) is 4. The molecule has 4 N–H and O–H groups in total. The van der Waals surface area contributed by atoms with E-state index in [-0.39, 0.29) is 12.5 Å². The molecule has 8 heteroatoms. The van der Waals surface area contributed by atoms with Gasteiger partial charge in [0.1, 0.15) is 12.6 Å². The lowest BCUT2D eigenvalue weighted by atomic mass is 9.98. The molecule has 0 aliphatic heterocycles. The van der Waals surface area contributed by atoms with Gasteiger partial charge in [-0.2, -0.15) is 0 Å². The summed E-state index contributed by atoms with van der Waals surface area (Å²) in [4.78, 5) is 36.4. The van der Waals surface area contributed by atoms with Gasteiger partial charge in [-0.1, -0.05) is 62.4 Å². The third-order valence-corrected chi connectivity index (χ3v) is 6.05. The van der Waals surface area contributed by atoms with Crippen LogP contribution in [-0.2, 0) is 14.3 Å². The third kappa shape index (κ3) is 5.94. The van der Waals surface area contributed by atoms with Crippen LogP contribution in [0.4, 0.5) is 4.79 Å². The molecule has 0 radical (unpaired) electrons. The Balaban J connectivity index is 1.64. The molecule has 1 aliphatic rings. The minimum Gasteiger partial charge on any atom is -0.479 e. The fourth-order valence-corrected chi connectivity index (χ4v) is 4.01. The molecule has 2 aromatic rings. The fourth-order valence-electron chi connectivity index (χ4n) is 4.01. The van der Waals surface area contributed by atoms with Crippen molar-refractivity contribution in [3.63, 3.8) is 0 Å². The van der Waals surface area contributed by atoms with Crippen molar-refractivity contribution in [1.29, 1.82) is 0 Å². The summed E-state index contributed by atoms with van der Waals surface area (Å²) >= 11 is 0. The van der Waals surface area contributed by atoms with Gasteiger partial charge in [-0.25, -0.2) is 9.59 Å². The summed E-state index contributed by atoms with van der Waals surface area (Å²) in [7, 11) is 0. The molecule has 2 aromatic carbocycles. The summed E-state index contributed by atoms with van der Waals surface area (Å²) in [5.41, 5.74) is 2.30. The van der Waals surface area contributed by atoms with E-state index in [4.69, 9.17) is 9.84 Å². The van der Waals surface area contributed by atoms with Gasteiger partial charge in [-0.3, -0.25) is 4.79 Å². The van der Waals surface area contributed by atoms with Gasteiger partial charge < -0.3 is 25.6 Å². The number of carboxylic acids is 1. The van der Waals surface area contributed by atoms with E-state index in [9.17, 15) is 19.5 Å². The quantitative estimate of drug-likeness (QED) is 0.424. The maximum atomic E-state index is 12.7. The first-order chi connectivity index (χ1) is 16.1. The maximum Gasteiger partial charge on any atom is 0.407 e. The van der Waals surface area contributed by atoms with E-state index in [0.29, 0.717) is 18.8 Å². The van der Waals surface area contributed by atoms with Gasteiger partial charge >= 0.3 is 12.1 Å². The highest BCUT2D eigenvalue weighted by molar-refractivity contribution is 5.86. The molecule has 0 saturated heterocycles. The standard InChI is InChI=1S/C26H32N2O6/c1-16(2)12-13-22(23(29)27-15-26(3,33)24(30)31)28-25(32)34-14-21-19-10-6-4-8-17(19)18-9-5-7-11-20(18)21/h4-11,16,21-22,33H,12-15H2,1-3H3,(H,27,29)(H,28,32)(H,30,31). The lowest BCUT2D eigenvalue weighted by Crippen LogP contribution is -2.52. The number of benzene rings is 2. The molecule has 2 atom stereocenters. The van der Waals surface area contributed by atoms with Crippen LogP contribution < -0.4 is 10.6 Å². The number of carbonyl (C=O) groups excluding carboxylic acids is 2. The van der Waals surface area contributed by atoms with Crippen molar-refractivity contribution in [2.24, 2.45) is 5.92 Å². The zero-order valence-electron chi connectivity index (χ0n) is 19.7. The number of carboxylic acid groups (broad SMARTS) is 1. The molecule has 0 saturated carbocycles. The Morgan fingerprint density at radius 3 is 2.09 bits per heavy atom. The van der Waals surface area contributed by atoms with Crippen LogP contribution in [0.1, 0.15) is 50.7 Å². The van der Waals surface area contributed by atoms with Crippen LogP contribution in [0.5, 0.6) is 0 Å². The Morgan fingerprint density at radius 2 is 1.56 bits per heavy atom. The summed E-state index contributed by atoms with van der Waals surface area (Å²) in [6.45, 7) is 4.73. The van der Waals surface area contributed by atoms with Gasteiger partial charge in [0.2, 0.25) is 5.91 Å². The van der Waals surface area contributed by atoms with E-state index in [0.717, 1.165) is 29.2 Å². The molecule has 182 valence electrons. The number of rotatable bonds is 10. The largest absolute Gasteiger partial charge is 0.479 e. The van der Waals surface area contributed by atoms with Gasteiger partial charge in [0.05, 0.1) is 6.54 Å². The minimum atomic E-state index is -2.11. The van der Waals surface area contributed by atoms with Gasteiger partial charge in [-0.15, -0.1) is 0 Å². The minimum absolute atomic E-state index is 0.105. The highest BCUT2D eigenvalue weighted by atomic mass is 16.5. The molecule has 2 unspecified atom stereocenters. The number of aliphatic carboxylic acids is 1. The zero-order chi connectivity index (χ0) is 24.9. The Bertz CT molecular complexity index is 1000. The normalized spacial score (nSPS) is 15.1. The first-order valence-corrected chi connectivity index (χ1v) is 11.4. The highest BCUT2D eigenvalue weighted by Crippen LogP contribution is 2.44. The second kappa shape index (κ2) is 10.7. The molecule has 0 spiro atoms. The molecule has 2 amide bonds. The summed E-state index contributed by atoms with van der Waals surface area (Å²) in [5.74, 6) is -1.83. The number of aliphatic hydroxyl groups is 1. The van der Waals surface area contributed by atoms with Crippen LogP contribution in [0.3, 0.4) is 0 Å². The molecular weight excluding hydrogens is 436 g/mol. The SMILES string of the molecule is CC(C)CCC(NC(=O)OCC1c2ccccc2-c2ccccc21)C(=O)NCC(C)(O)C(=O)O. The van der Waals surface area contributed by atoms with Crippen LogP contribution in [0.15, 0.2) is 48.5 Å². The van der Waals surface area contributed by atoms with Crippen molar-refractivity contribution in [1.82, 2.24) is 10.6 Å². The van der Waals surface area contributed by atoms with E-state index in [1.54, 1.807) is 0 Å². The average Bonchev–Trinajstić information content (AvgIpc) is 3.12. The number of carbonyl (C=O) groups is 3. The molecule has 34 heavy (non-hydrogen) atoms. The molecule has 0 aromatic heterocycles. The van der Waals surface area contributed by atoms with Crippen LogP contribution in [0.25, 0.3) is 11.1 Å². The van der Waals surface area contributed by atoms with Crippen molar-refractivity contribution in [3.8, 4) is 11.1 Å². The highest BCUT2D eigenvalue weighted by Gasteiger charge is 2.33. The molecule has 0 bridgehead atoms. The molecule has 0 heterocycles. The number of amides is 2. The number of nitrogens with one attached hydrogen (secondary N) is 2. The van der Waals surface area contributed by atoms with Crippen LogP contribution >= 0.6 is 0 Å². The van der Waals surface area contributed by atoms with E-state index in [1.807, 2.05) is 62.4 Å². The molecule has 1 aliphatic carbocycles. The fraction of sp³-hybridized carbons (Fsp3) is 0.423. The van der Waals surface area contributed by atoms with Crippen molar-refractivity contribution in [3.05, 3.63) is 59.7 Å². The van der Waals surface area contributed by atoms with Gasteiger partial charge in [0.15, 0.2) is 5.60 Å². The van der Waals surface area contributed by atoms with E-state index < -0.39 is 36.2 Å². The van der Waals surface area contributed by atoms with Crippen molar-refractivity contribution in [2.75, 3.05) is 13.2 Å². The van der Waals surface area contributed by atoms with E-state index in [1.165, 1.54) is 0 Å². The van der Waals surface area contributed by atoms with Crippen LogP contribution in [0, 0.1) is 5.92 Å². The first kappa shape index (κ1) is 25.2. The topological polar surface area (TPSA) is 125 Å². The predicted octanol–water partition coefficient (Wildman–Crippen LogP) is 3.28. The maximum absolute atomic E-state index is 12.7. The predicted molar refractivity (Wildman–Crippen MR) is 127 cm³/mol. The Morgan fingerprint density at radius 1 is 1.00 bits per heavy atom. The summed E-state index contributed by atoms with van der Waals surface area (Å²) < 4.78 is 5.54.